The highest BCUT2D eigenvalue weighted by atomic mass is 79.9. The molecule has 5 nitrogen and oxygen atoms in total. The van der Waals surface area contributed by atoms with E-state index in [4.69, 9.17) is 0 Å². The van der Waals surface area contributed by atoms with Gasteiger partial charge in [-0.3, -0.25) is 14.6 Å². The molecule has 1 heterocycles. The van der Waals surface area contributed by atoms with Crippen molar-refractivity contribution < 1.29 is 9.59 Å². The Hall–Kier alpha value is -2.21. The van der Waals surface area contributed by atoms with Crippen LogP contribution in [0.2, 0.25) is 0 Å². The fourth-order valence-electron chi connectivity index (χ4n) is 2.02. The number of amides is 2. The van der Waals surface area contributed by atoms with Crippen LogP contribution in [0.1, 0.15) is 24.2 Å². The number of carbonyl (C=O) groups excluding carboxylic acids is 2. The maximum absolute atomic E-state index is 12.4. The number of rotatable bonds is 5. The molecule has 0 aliphatic rings. The van der Waals surface area contributed by atoms with Crippen molar-refractivity contribution in [2.45, 2.75) is 19.9 Å². The third-order valence-electron chi connectivity index (χ3n) is 3.27. The SMILES string of the molecule is CC(C)C(NC(=O)c1ccc(Br)cc1)C(=O)Nc1cccnc1. The van der Waals surface area contributed by atoms with E-state index in [0.717, 1.165) is 4.47 Å². The standard InChI is InChI=1S/C17H18BrN3O2/c1-11(2)15(17(23)20-14-4-3-9-19-10-14)21-16(22)12-5-7-13(18)8-6-12/h3-11,15H,1-2H3,(H,20,23)(H,21,22). The largest absolute Gasteiger partial charge is 0.340 e. The lowest BCUT2D eigenvalue weighted by Crippen LogP contribution is -2.47. The molecule has 0 fully saturated rings. The summed E-state index contributed by atoms with van der Waals surface area (Å²) in [5.74, 6) is -0.595. The fraction of sp³-hybridized carbons (Fsp3) is 0.235. The number of pyridine rings is 1. The number of anilines is 1. The fourth-order valence-corrected chi connectivity index (χ4v) is 2.28. The van der Waals surface area contributed by atoms with Crippen LogP contribution in [0.25, 0.3) is 0 Å². The van der Waals surface area contributed by atoms with Crippen LogP contribution in [0.5, 0.6) is 0 Å². The Morgan fingerprint density at radius 3 is 2.39 bits per heavy atom. The maximum atomic E-state index is 12.4. The van der Waals surface area contributed by atoms with Gasteiger partial charge in [-0.2, -0.15) is 0 Å². The summed E-state index contributed by atoms with van der Waals surface area (Å²) in [5.41, 5.74) is 1.11. The molecule has 2 rings (SSSR count). The molecule has 1 aromatic heterocycles. The van der Waals surface area contributed by atoms with Crippen molar-refractivity contribution in [1.29, 1.82) is 0 Å². The molecule has 1 unspecified atom stereocenters. The summed E-state index contributed by atoms with van der Waals surface area (Å²) in [6.45, 7) is 3.77. The Kier molecular flexibility index (Phi) is 5.87. The Bertz CT molecular complexity index is 672. The van der Waals surface area contributed by atoms with Crippen LogP contribution >= 0.6 is 15.9 Å². The minimum atomic E-state index is -0.633. The molecule has 0 bridgehead atoms. The van der Waals surface area contributed by atoms with Gasteiger partial charge in [-0.05, 0) is 42.3 Å². The first-order valence-corrected chi connectivity index (χ1v) is 8.04. The Morgan fingerprint density at radius 1 is 1.13 bits per heavy atom. The van der Waals surface area contributed by atoms with Crippen LogP contribution < -0.4 is 10.6 Å². The van der Waals surface area contributed by atoms with Gasteiger partial charge in [-0.25, -0.2) is 0 Å². The second-order valence-electron chi connectivity index (χ2n) is 5.43. The summed E-state index contributed by atoms with van der Waals surface area (Å²) in [5, 5.41) is 5.55. The highest BCUT2D eigenvalue weighted by molar-refractivity contribution is 9.10. The van der Waals surface area contributed by atoms with Gasteiger partial charge in [-0.1, -0.05) is 29.8 Å². The molecule has 0 saturated heterocycles. The zero-order valence-corrected chi connectivity index (χ0v) is 14.5. The van der Waals surface area contributed by atoms with E-state index < -0.39 is 6.04 Å². The number of halogens is 1. The average molecular weight is 376 g/mol. The van der Waals surface area contributed by atoms with Gasteiger partial charge in [0.1, 0.15) is 6.04 Å². The number of nitrogens with zero attached hydrogens (tertiary/aromatic N) is 1. The third-order valence-corrected chi connectivity index (χ3v) is 3.80. The molecule has 120 valence electrons. The smallest absolute Gasteiger partial charge is 0.251 e. The summed E-state index contributed by atoms with van der Waals surface area (Å²) < 4.78 is 0.892. The van der Waals surface area contributed by atoms with E-state index in [1.807, 2.05) is 13.8 Å². The number of hydrogen-bond acceptors (Lipinski definition) is 3. The van der Waals surface area contributed by atoms with Crippen LogP contribution in [0.15, 0.2) is 53.3 Å². The first-order valence-electron chi connectivity index (χ1n) is 7.24. The monoisotopic (exact) mass is 375 g/mol. The molecule has 1 aromatic carbocycles. The van der Waals surface area contributed by atoms with Crippen LogP contribution in [0.3, 0.4) is 0 Å². The minimum Gasteiger partial charge on any atom is -0.340 e. The number of carbonyl (C=O) groups is 2. The van der Waals surface area contributed by atoms with Crippen molar-refractivity contribution in [2.24, 2.45) is 5.92 Å². The van der Waals surface area contributed by atoms with Gasteiger partial charge in [0.05, 0.1) is 11.9 Å². The summed E-state index contributed by atoms with van der Waals surface area (Å²) in [7, 11) is 0. The van der Waals surface area contributed by atoms with Gasteiger partial charge in [0, 0.05) is 16.2 Å². The molecule has 0 saturated carbocycles. The molecule has 1 atom stereocenters. The van der Waals surface area contributed by atoms with Gasteiger partial charge < -0.3 is 10.6 Å². The molecule has 2 aromatic rings. The lowest BCUT2D eigenvalue weighted by atomic mass is 10.0. The van der Waals surface area contributed by atoms with E-state index >= 15 is 0 Å². The van der Waals surface area contributed by atoms with Crippen LogP contribution in [0.4, 0.5) is 5.69 Å². The quantitative estimate of drug-likeness (QED) is 0.842. The molecule has 2 N–H and O–H groups in total. The average Bonchev–Trinajstić information content (AvgIpc) is 2.53. The molecule has 0 aliphatic carbocycles. The number of nitrogens with one attached hydrogen (secondary N) is 2. The Labute approximate surface area is 143 Å². The summed E-state index contributed by atoms with van der Waals surface area (Å²) in [6, 6.07) is 9.83. The van der Waals surface area contributed by atoms with Gasteiger partial charge >= 0.3 is 0 Å². The summed E-state index contributed by atoms with van der Waals surface area (Å²) in [6.07, 6.45) is 3.19. The normalized spacial score (nSPS) is 11.8. The van der Waals surface area contributed by atoms with Gasteiger partial charge in [0.15, 0.2) is 0 Å². The van der Waals surface area contributed by atoms with Gasteiger partial charge in [0.2, 0.25) is 5.91 Å². The zero-order valence-electron chi connectivity index (χ0n) is 12.9. The van der Waals surface area contributed by atoms with Crippen molar-refractivity contribution in [3.05, 3.63) is 58.8 Å². The van der Waals surface area contributed by atoms with E-state index in [2.05, 4.69) is 31.5 Å². The first-order chi connectivity index (χ1) is 11.0. The van der Waals surface area contributed by atoms with E-state index in [1.54, 1.807) is 48.8 Å². The van der Waals surface area contributed by atoms with Crippen LogP contribution in [-0.2, 0) is 4.79 Å². The molecule has 23 heavy (non-hydrogen) atoms. The van der Waals surface area contributed by atoms with E-state index in [9.17, 15) is 9.59 Å². The lowest BCUT2D eigenvalue weighted by Gasteiger charge is -2.21. The van der Waals surface area contributed by atoms with Crippen molar-refractivity contribution in [2.75, 3.05) is 5.32 Å². The predicted molar refractivity (Wildman–Crippen MR) is 93.1 cm³/mol. The molecular formula is C17H18BrN3O2. The zero-order chi connectivity index (χ0) is 16.8. The second kappa shape index (κ2) is 7.87. The highest BCUT2D eigenvalue weighted by Crippen LogP contribution is 2.12. The Balaban J connectivity index is 2.07. The number of benzene rings is 1. The lowest BCUT2D eigenvalue weighted by molar-refractivity contribution is -0.118. The molecule has 2 amide bonds. The van der Waals surface area contributed by atoms with Crippen LogP contribution in [-0.4, -0.2) is 22.8 Å². The van der Waals surface area contributed by atoms with Crippen molar-refractivity contribution >= 4 is 33.4 Å². The molecule has 6 heteroatoms. The first kappa shape index (κ1) is 17.1. The number of hydrogen-bond donors (Lipinski definition) is 2. The molecule has 0 aliphatic heterocycles. The molecule has 0 radical (unpaired) electrons. The molecular weight excluding hydrogens is 358 g/mol. The predicted octanol–water partition coefficient (Wildman–Crippen LogP) is 3.24. The van der Waals surface area contributed by atoms with E-state index in [1.165, 1.54) is 0 Å². The number of aromatic nitrogens is 1. The third kappa shape index (κ3) is 4.89. The minimum absolute atomic E-state index is 0.0499. The van der Waals surface area contributed by atoms with Crippen LogP contribution in [0, 0.1) is 5.92 Å². The van der Waals surface area contributed by atoms with Crippen molar-refractivity contribution in [1.82, 2.24) is 10.3 Å². The van der Waals surface area contributed by atoms with E-state index in [0.29, 0.717) is 11.3 Å². The van der Waals surface area contributed by atoms with Gasteiger partial charge in [-0.15, -0.1) is 0 Å². The Morgan fingerprint density at radius 2 is 1.83 bits per heavy atom. The second-order valence-corrected chi connectivity index (χ2v) is 6.35. The molecule has 0 spiro atoms. The topological polar surface area (TPSA) is 71.1 Å². The highest BCUT2D eigenvalue weighted by Gasteiger charge is 2.24. The summed E-state index contributed by atoms with van der Waals surface area (Å²) >= 11 is 3.33. The van der Waals surface area contributed by atoms with E-state index in [-0.39, 0.29) is 17.7 Å². The van der Waals surface area contributed by atoms with Gasteiger partial charge in [0.25, 0.3) is 5.91 Å². The van der Waals surface area contributed by atoms with Crippen molar-refractivity contribution in [3.63, 3.8) is 0 Å². The summed E-state index contributed by atoms with van der Waals surface area (Å²) in [4.78, 5) is 28.7. The van der Waals surface area contributed by atoms with Crippen molar-refractivity contribution in [3.8, 4) is 0 Å². The maximum Gasteiger partial charge on any atom is 0.251 e.